The molecule has 11 aromatic carbocycles. The second-order valence-electron chi connectivity index (χ2n) is 19.8. The molecule has 0 radical (unpaired) electrons. The van der Waals surface area contributed by atoms with Gasteiger partial charge in [-0.3, -0.25) is 0 Å². The Hall–Kier alpha value is -10.2. The fourth-order valence-electron chi connectivity index (χ4n) is 12.3. The molecule has 1 spiro atoms. The zero-order valence-corrected chi connectivity index (χ0v) is 40.9. The van der Waals surface area contributed by atoms with E-state index in [1.54, 1.807) is 0 Å². The number of ether oxygens (including phenoxy) is 2. The van der Waals surface area contributed by atoms with Crippen molar-refractivity contribution in [1.82, 2.24) is 19.5 Å². The lowest BCUT2D eigenvalue weighted by atomic mass is 9.70. The first-order valence-electron chi connectivity index (χ1n) is 25.7. The van der Waals surface area contributed by atoms with Crippen molar-refractivity contribution < 1.29 is 9.47 Å². The molecule has 0 amide bonds. The Bertz CT molecular complexity index is 4420. The molecule has 0 bridgehead atoms. The van der Waals surface area contributed by atoms with E-state index < -0.39 is 5.41 Å². The molecule has 76 heavy (non-hydrogen) atoms. The lowest BCUT2D eigenvalue weighted by Crippen LogP contribution is -2.26. The van der Waals surface area contributed by atoms with Gasteiger partial charge in [-0.25, -0.2) is 15.0 Å². The first-order valence-corrected chi connectivity index (χ1v) is 25.7. The van der Waals surface area contributed by atoms with Gasteiger partial charge in [0, 0.05) is 33.2 Å². The molecule has 6 heteroatoms. The van der Waals surface area contributed by atoms with Crippen molar-refractivity contribution in [2.24, 2.45) is 0 Å². The van der Waals surface area contributed by atoms with Gasteiger partial charge in [-0.2, -0.15) is 0 Å². The van der Waals surface area contributed by atoms with E-state index in [1.165, 1.54) is 49.7 Å². The van der Waals surface area contributed by atoms with Crippen molar-refractivity contribution in [2.45, 2.75) is 5.41 Å². The molecular formula is C70H42N4O2. The van der Waals surface area contributed by atoms with Crippen LogP contribution in [0.2, 0.25) is 0 Å². The minimum Gasteiger partial charge on any atom is -0.450 e. The Morgan fingerprint density at radius 1 is 0.276 bits per heavy atom. The Balaban J connectivity index is 0.786. The molecule has 13 aromatic rings. The minimum atomic E-state index is -0.568. The molecule has 0 unspecified atom stereocenters. The zero-order valence-electron chi connectivity index (χ0n) is 40.9. The van der Waals surface area contributed by atoms with Gasteiger partial charge < -0.3 is 14.0 Å². The summed E-state index contributed by atoms with van der Waals surface area (Å²) in [6.07, 6.45) is 0. The first kappa shape index (κ1) is 42.3. The van der Waals surface area contributed by atoms with Crippen LogP contribution in [-0.4, -0.2) is 19.5 Å². The quantitative estimate of drug-likeness (QED) is 0.166. The fourth-order valence-corrected chi connectivity index (χ4v) is 12.3. The third-order valence-electron chi connectivity index (χ3n) is 15.7. The van der Waals surface area contributed by atoms with Crippen molar-refractivity contribution in [2.75, 3.05) is 0 Å². The van der Waals surface area contributed by atoms with Crippen molar-refractivity contribution in [3.63, 3.8) is 0 Å². The maximum absolute atomic E-state index is 6.63. The molecule has 3 heterocycles. The van der Waals surface area contributed by atoms with Crippen LogP contribution in [0.15, 0.2) is 255 Å². The molecule has 0 fully saturated rings. The van der Waals surface area contributed by atoms with Crippen LogP contribution in [0.4, 0.5) is 0 Å². The van der Waals surface area contributed by atoms with Crippen molar-refractivity contribution in [1.29, 1.82) is 0 Å². The molecule has 354 valence electrons. The fraction of sp³-hybridized carbons (Fsp3) is 0.0143. The smallest absolute Gasteiger partial charge is 0.170 e. The van der Waals surface area contributed by atoms with Crippen LogP contribution in [0.1, 0.15) is 22.3 Å². The van der Waals surface area contributed by atoms with Crippen LogP contribution in [-0.2, 0) is 5.41 Å². The SMILES string of the molecule is c1ccc(-c2nc(-c3ccccc3)nc(-c3cccc(-c4ccc(-n5c6ccccc6c6cc(-c7ccc8c(c7)C7(c9ccccc9-c9ccccc97)c7cc9c(cc7-8)Oc7ccccc7O9)ccc65)cc4)c3)n2)cc1. The summed E-state index contributed by atoms with van der Waals surface area (Å²) in [5.74, 6) is 4.80. The highest BCUT2D eigenvalue weighted by Crippen LogP contribution is 2.65. The van der Waals surface area contributed by atoms with Crippen LogP contribution < -0.4 is 9.47 Å². The van der Waals surface area contributed by atoms with Gasteiger partial charge in [-0.15, -0.1) is 0 Å². The van der Waals surface area contributed by atoms with Gasteiger partial charge in [0.2, 0.25) is 0 Å². The van der Waals surface area contributed by atoms with Crippen LogP contribution in [0.3, 0.4) is 0 Å². The molecule has 1 aliphatic heterocycles. The maximum atomic E-state index is 6.63. The van der Waals surface area contributed by atoms with E-state index in [0.29, 0.717) is 17.5 Å². The van der Waals surface area contributed by atoms with Gasteiger partial charge in [0.05, 0.1) is 16.4 Å². The molecule has 2 aliphatic carbocycles. The first-order chi connectivity index (χ1) is 37.6. The highest BCUT2D eigenvalue weighted by Gasteiger charge is 2.52. The Morgan fingerprint density at radius 3 is 1.46 bits per heavy atom. The molecule has 0 atom stereocenters. The summed E-state index contributed by atoms with van der Waals surface area (Å²) < 4.78 is 15.6. The summed E-state index contributed by atoms with van der Waals surface area (Å²) in [5.41, 5.74) is 20.0. The van der Waals surface area contributed by atoms with Crippen LogP contribution in [0.5, 0.6) is 23.0 Å². The molecule has 0 saturated carbocycles. The molecule has 0 saturated heterocycles. The number of fused-ring (bicyclic) bond motifs is 15. The topological polar surface area (TPSA) is 62.1 Å². The van der Waals surface area contributed by atoms with E-state index in [1.807, 2.05) is 84.9 Å². The normalized spacial score (nSPS) is 13.1. The van der Waals surface area contributed by atoms with Gasteiger partial charge >= 0.3 is 0 Å². The second kappa shape index (κ2) is 16.4. The monoisotopic (exact) mass is 970 g/mol. The lowest BCUT2D eigenvalue weighted by molar-refractivity contribution is 0.359. The lowest BCUT2D eigenvalue weighted by Gasteiger charge is -2.31. The second-order valence-corrected chi connectivity index (χ2v) is 19.8. The number of hydrogen-bond donors (Lipinski definition) is 0. The Morgan fingerprint density at radius 2 is 0.763 bits per heavy atom. The van der Waals surface area contributed by atoms with Crippen LogP contribution in [0.25, 0.3) is 106 Å². The Kier molecular flexibility index (Phi) is 9.15. The molecule has 3 aliphatic rings. The third kappa shape index (κ3) is 6.31. The van der Waals surface area contributed by atoms with E-state index in [0.717, 1.165) is 84.2 Å². The van der Waals surface area contributed by atoms with Gasteiger partial charge in [0.25, 0.3) is 0 Å². The van der Waals surface area contributed by atoms with Gasteiger partial charge in [-0.05, 0) is 133 Å². The maximum Gasteiger partial charge on any atom is 0.170 e. The largest absolute Gasteiger partial charge is 0.450 e. The predicted octanol–water partition coefficient (Wildman–Crippen LogP) is 17.5. The summed E-state index contributed by atoms with van der Waals surface area (Å²) in [4.78, 5) is 14.9. The summed E-state index contributed by atoms with van der Waals surface area (Å²) in [5, 5.41) is 2.40. The highest BCUT2D eigenvalue weighted by atomic mass is 16.6. The van der Waals surface area contributed by atoms with E-state index in [9.17, 15) is 0 Å². The van der Waals surface area contributed by atoms with Crippen molar-refractivity contribution in [3.05, 3.63) is 277 Å². The van der Waals surface area contributed by atoms with Crippen molar-refractivity contribution in [3.8, 4) is 107 Å². The molecule has 6 nitrogen and oxygen atoms in total. The summed E-state index contributed by atoms with van der Waals surface area (Å²) in [7, 11) is 0. The van der Waals surface area contributed by atoms with Gasteiger partial charge in [0.15, 0.2) is 40.5 Å². The van der Waals surface area contributed by atoms with E-state index in [4.69, 9.17) is 24.4 Å². The number of aromatic nitrogens is 4. The molecular weight excluding hydrogens is 929 g/mol. The standard InChI is InChI=1S/C70H42N4O2/c1-3-16-44(17-4-1)67-71-68(45-18-5-2-6-19-45)73-69(72-67)49-21-15-20-46(38-49)43-30-34-50(35-31-43)74-61-27-12-9-24-54(61)56-39-47(33-37-62(56)74)48-32-36-53-55-41-65-66(76-64-29-14-13-28-63(64)75-65)42-60(55)70(59(53)40-48)57-25-10-7-22-51(57)52-23-8-11-26-58(52)70/h1-42H. The molecule has 16 rings (SSSR count). The average molecular weight is 971 g/mol. The van der Waals surface area contributed by atoms with Crippen molar-refractivity contribution >= 4 is 21.8 Å². The minimum absolute atomic E-state index is 0.568. The summed E-state index contributed by atoms with van der Waals surface area (Å²) >= 11 is 0. The molecule has 2 aromatic heterocycles. The van der Waals surface area contributed by atoms with Gasteiger partial charge in [0.1, 0.15) is 0 Å². The summed E-state index contributed by atoms with van der Waals surface area (Å²) in [6.45, 7) is 0. The van der Waals surface area contributed by atoms with E-state index >= 15 is 0 Å². The summed E-state index contributed by atoms with van der Waals surface area (Å²) in [6, 6.07) is 90.5. The average Bonchev–Trinajstić information content (AvgIpc) is 4.18. The number of hydrogen-bond acceptors (Lipinski definition) is 5. The molecule has 0 N–H and O–H groups in total. The number of benzene rings is 11. The zero-order chi connectivity index (χ0) is 49.9. The van der Waals surface area contributed by atoms with Gasteiger partial charge in [-0.1, -0.05) is 188 Å². The van der Waals surface area contributed by atoms with E-state index in [-0.39, 0.29) is 0 Å². The number of rotatable bonds is 6. The van der Waals surface area contributed by atoms with E-state index in [2.05, 4.69) is 174 Å². The van der Waals surface area contributed by atoms with Crippen LogP contribution in [0, 0.1) is 0 Å². The Labute approximate surface area is 438 Å². The predicted molar refractivity (Wildman–Crippen MR) is 304 cm³/mol. The number of para-hydroxylation sites is 3. The highest BCUT2D eigenvalue weighted by molar-refractivity contribution is 6.10. The van der Waals surface area contributed by atoms with Crippen LogP contribution >= 0.6 is 0 Å². The third-order valence-corrected chi connectivity index (χ3v) is 15.7. The number of nitrogens with zero attached hydrogens (tertiary/aromatic N) is 4.